The van der Waals surface area contributed by atoms with E-state index in [2.05, 4.69) is 4.90 Å². The molecule has 0 aromatic carbocycles. The highest BCUT2D eigenvalue weighted by Crippen LogP contribution is 2.01. The van der Waals surface area contributed by atoms with Gasteiger partial charge in [0.15, 0.2) is 0 Å². The van der Waals surface area contributed by atoms with E-state index in [0.717, 1.165) is 32.8 Å². The molecule has 0 radical (unpaired) electrons. The van der Waals surface area contributed by atoms with E-state index in [4.69, 9.17) is 4.74 Å². The van der Waals surface area contributed by atoms with E-state index in [1.807, 2.05) is 0 Å². The first-order valence-electron chi connectivity index (χ1n) is 4.63. The van der Waals surface area contributed by atoms with Crippen molar-refractivity contribution in [3.05, 3.63) is 10.1 Å². The highest BCUT2D eigenvalue weighted by molar-refractivity contribution is 4.63. The molecule has 13 heavy (non-hydrogen) atoms. The van der Waals surface area contributed by atoms with Crippen LogP contribution in [0.25, 0.3) is 0 Å². The maximum atomic E-state index is 10.3. The number of ether oxygens (including phenoxy) is 1. The summed E-state index contributed by atoms with van der Waals surface area (Å²) in [6, 6.07) is -0.428. The first-order chi connectivity index (χ1) is 6.20. The van der Waals surface area contributed by atoms with Gasteiger partial charge in [0.2, 0.25) is 6.04 Å². The van der Waals surface area contributed by atoms with E-state index >= 15 is 0 Å². The van der Waals surface area contributed by atoms with Gasteiger partial charge in [-0.3, -0.25) is 15.0 Å². The fraction of sp³-hybridized carbons (Fsp3) is 1.00. The van der Waals surface area contributed by atoms with Gasteiger partial charge in [0.05, 0.1) is 13.2 Å². The second-order valence-corrected chi connectivity index (χ2v) is 3.38. The van der Waals surface area contributed by atoms with Crippen LogP contribution in [0.15, 0.2) is 0 Å². The van der Waals surface area contributed by atoms with E-state index in [0.29, 0.717) is 6.42 Å². The van der Waals surface area contributed by atoms with Gasteiger partial charge in [0.25, 0.3) is 0 Å². The highest BCUT2D eigenvalue weighted by Gasteiger charge is 2.16. The third-order valence-corrected chi connectivity index (χ3v) is 2.33. The Labute approximate surface area is 77.8 Å². The molecule has 1 aliphatic rings. The topological polar surface area (TPSA) is 55.6 Å². The lowest BCUT2D eigenvalue weighted by atomic mass is 10.2. The highest BCUT2D eigenvalue weighted by atomic mass is 16.6. The minimum Gasteiger partial charge on any atom is -0.379 e. The van der Waals surface area contributed by atoms with Crippen LogP contribution < -0.4 is 0 Å². The predicted molar refractivity (Wildman–Crippen MR) is 48.3 cm³/mol. The number of hydrogen-bond acceptors (Lipinski definition) is 4. The Balaban J connectivity index is 2.13. The quantitative estimate of drug-likeness (QED) is 0.472. The maximum Gasteiger partial charge on any atom is 0.211 e. The van der Waals surface area contributed by atoms with Gasteiger partial charge < -0.3 is 4.74 Å². The molecular formula is C8H16N2O3. The summed E-state index contributed by atoms with van der Waals surface area (Å²) in [6.45, 7) is 5.79. The summed E-state index contributed by atoms with van der Waals surface area (Å²) in [4.78, 5) is 12.3. The summed E-state index contributed by atoms with van der Waals surface area (Å²) >= 11 is 0. The van der Waals surface area contributed by atoms with Crippen molar-refractivity contribution in [1.29, 1.82) is 0 Å². The monoisotopic (exact) mass is 188 g/mol. The van der Waals surface area contributed by atoms with Gasteiger partial charge in [-0.15, -0.1) is 0 Å². The first kappa shape index (κ1) is 10.4. The van der Waals surface area contributed by atoms with Crippen molar-refractivity contribution in [1.82, 2.24) is 4.90 Å². The average molecular weight is 188 g/mol. The molecule has 0 saturated carbocycles. The third kappa shape index (κ3) is 3.69. The fourth-order valence-corrected chi connectivity index (χ4v) is 1.30. The minimum atomic E-state index is -0.428. The Bertz CT molecular complexity index is 169. The number of hydrogen-bond donors (Lipinski definition) is 0. The normalized spacial score (nSPS) is 21.3. The lowest BCUT2D eigenvalue weighted by Crippen LogP contribution is -2.38. The van der Waals surface area contributed by atoms with Crippen LogP contribution >= 0.6 is 0 Å². The van der Waals surface area contributed by atoms with Gasteiger partial charge in [0.1, 0.15) is 0 Å². The summed E-state index contributed by atoms with van der Waals surface area (Å²) in [7, 11) is 0. The minimum absolute atomic E-state index is 0.222. The van der Waals surface area contributed by atoms with E-state index in [-0.39, 0.29) is 4.92 Å². The van der Waals surface area contributed by atoms with Crippen LogP contribution in [-0.4, -0.2) is 48.7 Å². The summed E-state index contributed by atoms with van der Waals surface area (Å²) in [6.07, 6.45) is 0.632. The van der Waals surface area contributed by atoms with Gasteiger partial charge in [0, 0.05) is 37.9 Å². The second kappa shape index (κ2) is 5.14. The molecule has 0 bridgehead atoms. The largest absolute Gasteiger partial charge is 0.379 e. The SMILES string of the molecule is CC(CCN1CCOCC1)[N+](=O)[O-]. The van der Waals surface area contributed by atoms with Crippen molar-refractivity contribution in [3.8, 4) is 0 Å². The lowest BCUT2D eigenvalue weighted by Gasteiger charge is -2.26. The Morgan fingerprint density at radius 3 is 2.69 bits per heavy atom. The fourth-order valence-electron chi connectivity index (χ4n) is 1.30. The Morgan fingerprint density at radius 1 is 1.54 bits per heavy atom. The zero-order valence-corrected chi connectivity index (χ0v) is 7.94. The van der Waals surface area contributed by atoms with Crippen LogP contribution in [0.1, 0.15) is 13.3 Å². The Hall–Kier alpha value is -0.680. The van der Waals surface area contributed by atoms with Gasteiger partial charge >= 0.3 is 0 Å². The van der Waals surface area contributed by atoms with Crippen LogP contribution in [0.5, 0.6) is 0 Å². The zero-order valence-electron chi connectivity index (χ0n) is 7.94. The molecule has 1 rings (SSSR count). The van der Waals surface area contributed by atoms with E-state index < -0.39 is 6.04 Å². The molecule has 0 N–H and O–H groups in total. The molecule has 0 amide bonds. The zero-order chi connectivity index (χ0) is 9.68. The lowest BCUT2D eigenvalue weighted by molar-refractivity contribution is -0.518. The molecule has 0 aliphatic carbocycles. The Kier molecular flexibility index (Phi) is 4.11. The Morgan fingerprint density at radius 2 is 2.15 bits per heavy atom. The number of rotatable bonds is 4. The molecule has 0 aromatic heterocycles. The van der Waals surface area contributed by atoms with Crippen molar-refractivity contribution < 1.29 is 9.66 Å². The van der Waals surface area contributed by atoms with Gasteiger partial charge in [-0.2, -0.15) is 0 Å². The van der Waals surface area contributed by atoms with Crippen molar-refractivity contribution in [2.45, 2.75) is 19.4 Å². The molecule has 0 spiro atoms. The van der Waals surface area contributed by atoms with Crippen LogP contribution in [0.4, 0.5) is 0 Å². The molecule has 1 atom stereocenters. The van der Waals surface area contributed by atoms with Gasteiger partial charge in [-0.05, 0) is 0 Å². The van der Waals surface area contributed by atoms with Crippen molar-refractivity contribution in [2.24, 2.45) is 0 Å². The molecule has 1 fully saturated rings. The van der Waals surface area contributed by atoms with Crippen LogP contribution in [-0.2, 0) is 4.74 Å². The second-order valence-electron chi connectivity index (χ2n) is 3.38. The molecular weight excluding hydrogens is 172 g/mol. The summed E-state index contributed by atoms with van der Waals surface area (Å²) in [5.74, 6) is 0. The molecule has 1 heterocycles. The molecule has 0 aromatic rings. The molecule has 1 saturated heterocycles. The smallest absolute Gasteiger partial charge is 0.211 e. The molecule has 76 valence electrons. The van der Waals surface area contributed by atoms with Crippen LogP contribution in [0.2, 0.25) is 0 Å². The van der Waals surface area contributed by atoms with E-state index in [9.17, 15) is 10.1 Å². The molecule has 5 heteroatoms. The number of nitro groups is 1. The molecule has 5 nitrogen and oxygen atoms in total. The third-order valence-electron chi connectivity index (χ3n) is 2.33. The molecule has 1 aliphatic heterocycles. The summed E-state index contributed by atoms with van der Waals surface area (Å²) in [5, 5.41) is 10.3. The summed E-state index contributed by atoms with van der Waals surface area (Å²) < 4.78 is 5.18. The van der Waals surface area contributed by atoms with E-state index in [1.54, 1.807) is 6.92 Å². The van der Waals surface area contributed by atoms with Gasteiger partial charge in [-0.1, -0.05) is 0 Å². The van der Waals surface area contributed by atoms with Crippen LogP contribution in [0, 0.1) is 10.1 Å². The van der Waals surface area contributed by atoms with E-state index in [1.165, 1.54) is 0 Å². The van der Waals surface area contributed by atoms with Crippen LogP contribution in [0.3, 0.4) is 0 Å². The standard InChI is InChI=1S/C8H16N2O3/c1-8(10(11)12)2-3-9-4-6-13-7-5-9/h8H,2-7H2,1H3. The first-order valence-corrected chi connectivity index (χ1v) is 4.63. The molecule has 1 unspecified atom stereocenters. The van der Waals surface area contributed by atoms with Crippen molar-refractivity contribution in [2.75, 3.05) is 32.8 Å². The average Bonchev–Trinajstić information content (AvgIpc) is 2.15. The maximum absolute atomic E-state index is 10.3. The predicted octanol–water partition coefficient (Wildman–Crippen LogP) is 0.374. The van der Waals surface area contributed by atoms with Gasteiger partial charge in [-0.25, -0.2) is 0 Å². The number of morpholine rings is 1. The van der Waals surface area contributed by atoms with Crippen molar-refractivity contribution >= 4 is 0 Å². The number of nitrogens with zero attached hydrogens (tertiary/aromatic N) is 2. The van der Waals surface area contributed by atoms with Crippen molar-refractivity contribution in [3.63, 3.8) is 0 Å². The summed E-state index contributed by atoms with van der Waals surface area (Å²) in [5.41, 5.74) is 0.